The SMILES string of the molecule is Cc1ccc(N(CCN2CCCC2)CC(C)C(=O)O)nc1. The van der Waals surface area contributed by atoms with Gasteiger partial charge in [-0.1, -0.05) is 13.0 Å². The van der Waals surface area contributed by atoms with Gasteiger partial charge in [-0.05, 0) is 44.5 Å². The molecule has 116 valence electrons. The van der Waals surface area contributed by atoms with E-state index >= 15 is 0 Å². The van der Waals surface area contributed by atoms with Crippen molar-refractivity contribution in [3.63, 3.8) is 0 Å². The predicted molar refractivity (Wildman–Crippen MR) is 83.7 cm³/mol. The number of anilines is 1. The van der Waals surface area contributed by atoms with Gasteiger partial charge in [0, 0.05) is 25.8 Å². The third-order valence-corrected chi connectivity index (χ3v) is 4.02. The number of hydrogen-bond donors (Lipinski definition) is 1. The molecule has 1 aliphatic heterocycles. The molecule has 1 fully saturated rings. The van der Waals surface area contributed by atoms with E-state index in [0.29, 0.717) is 6.54 Å². The second-order valence-electron chi connectivity index (χ2n) is 5.93. The summed E-state index contributed by atoms with van der Waals surface area (Å²) in [6, 6.07) is 4.00. The van der Waals surface area contributed by atoms with E-state index in [1.807, 2.05) is 25.3 Å². The molecule has 5 nitrogen and oxygen atoms in total. The number of carbonyl (C=O) groups is 1. The van der Waals surface area contributed by atoms with Crippen LogP contribution in [-0.2, 0) is 4.79 Å². The van der Waals surface area contributed by atoms with Gasteiger partial charge in [-0.25, -0.2) is 4.98 Å². The van der Waals surface area contributed by atoms with Crippen molar-refractivity contribution in [2.24, 2.45) is 5.92 Å². The van der Waals surface area contributed by atoms with Gasteiger partial charge in [-0.15, -0.1) is 0 Å². The number of pyridine rings is 1. The topological polar surface area (TPSA) is 56.7 Å². The highest BCUT2D eigenvalue weighted by Gasteiger charge is 2.19. The highest BCUT2D eigenvalue weighted by atomic mass is 16.4. The molecule has 5 heteroatoms. The Morgan fingerprint density at radius 2 is 2.14 bits per heavy atom. The van der Waals surface area contributed by atoms with Crippen molar-refractivity contribution in [3.05, 3.63) is 23.9 Å². The standard InChI is InChI=1S/C16H25N3O2/c1-13-5-6-15(17-11-13)19(12-14(2)16(20)21)10-9-18-7-3-4-8-18/h5-6,11,14H,3-4,7-10,12H2,1-2H3,(H,20,21). The lowest BCUT2D eigenvalue weighted by Gasteiger charge is -2.27. The van der Waals surface area contributed by atoms with Crippen LogP contribution < -0.4 is 4.90 Å². The number of likely N-dealkylation sites (tertiary alicyclic amines) is 1. The first-order chi connectivity index (χ1) is 10.1. The molecule has 0 aliphatic carbocycles. The summed E-state index contributed by atoms with van der Waals surface area (Å²) in [6.45, 7) is 8.37. The maximum atomic E-state index is 11.1. The zero-order valence-corrected chi connectivity index (χ0v) is 13.0. The van der Waals surface area contributed by atoms with Gasteiger partial charge >= 0.3 is 5.97 Å². The Kier molecular flexibility index (Phi) is 5.56. The van der Waals surface area contributed by atoms with Crippen LogP contribution in [0.5, 0.6) is 0 Å². The molecule has 0 aromatic carbocycles. The molecular formula is C16H25N3O2. The summed E-state index contributed by atoms with van der Waals surface area (Å²) in [5.41, 5.74) is 1.12. The average molecular weight is 291 g/mol. The van der Waals surface area contributed by atoms with Gasteiger partial charge in [0.15, 0.2) is 0 Å². The first-order valence-corrected chi connectivity index (χ1v) is 7.69. The number of aromatic nitrogens is 1. The van der Waals surface area contributed by atoms with Crippen molar-refractivity contribution in [2.45, 2.75) is 26.7 Å². The number of hydrogen-bond acceptors (Lipinski definition) is 4. The first kappa shape index (κ1) is 15.8. The minimum absolute atomic E-state index is 0.397. The zero-order valence-electron chi connectivity index (χ0n) is 13.0. The van der Waals surface area contributed by atoms with Crippen molar-refractivity contribution < 1.29 is 9.90 Å². The maximum absolute atomic E-state index is 11.1. The van der Waals surface area contributed by atoms with E-state index in [-0.39, 0.29) is 0 Å². The average Bonchev–Trinajstić information content (AvgIpc) is 2.97. The minimum atomic E-state index is -0.756. The molecule has 1 aromatic heterocycles. The smallest absolute Gasteiger partial charge is 0.308 e. The monoisotopic (exact) mass is 291 g/mol. The number of nitrogens with zero attached hydrogens (tertiary/aromatic N) is 3. The maximum Gasteiger partial charge on any atom is 0.308 e. The van der Waals surface area contributed by atoms with Crippen molar-refractivity contribution in [3.8, 4) is 0 Å². The Morgan fingerprint density at radius 3 is 2.71 bits per heavy atom. The summed E-state index contributed by atoms with van der Waals surface area (Å²) < 4.78 is 0. The molecule has 0 spiro atoms. The van der Waals surface area contributed by atoms with Gasteiger partial charge in [0.2, 0.25) is 0 Å². The van der Waals surface area contributed by atoms with E-state index < -0.39 is 11.9 Å². The van der Waals surface area contributed by atoms with Crippen LogP contribution in [0.4, 0.5) is 5.82 Å². The summed E-state index contributed by atoms with van der Waals surface area (Å²) in [5.74, 6) is -0.284. The van der Waals surface area contributed by atoms with E-state index in [1.165, 1.54) is 12.8 Å². The highest BCUT2D eigenvalue weighted by molar-refractivity contribution is 5.70. The van der Waals surface area contributed by atoms with Crippen LogP contribution in [0.1, 0.15) is 25.3 Å². The van der Waals surface area contributed by atoms with Crippen molar-refractivity contribution in [1.82, 2.24) is 9.88 Å². The number of aliphatic carboxylic acids is 1. The van der Waals surface area contributed by atoms with E-state index in [2.05, 4.69) is 14.8 Å². The molecule has 1 saturated heterocycles. The van der Waals surface area contributed by atoms with Crippen molar-refractivity contribution in [1.29, 1.82) is 0 Å². The molecule has 21 heavy (non-hydrogen) atoms. The Labute approximate surface area is 126 Å². The molecule has 0 amide bonds. The molecule has 1 unspecified atom stereocenters. The molecule has 1 aliphatic rings. The first-order valence-electron chi connectivity index (χ1n) is 7.69. The van der Waals surface area contributed by atoms with Crippen LogP contribution in [0.15, 0.2) is 18.3 Å². The second kappa shape index (κ2) is 7.41. The largest absolute Gasteiger partial charge is 0.481 e. The van der Waals surface area contributed by atoms with Gasteiger partial charge < -0.3 is 14.9 Å². The highest BCUT2D eigenvalue weighted by Crippen LogP contribution is 2.15. The molecule has 2 rings (SSSR count). The number of rotatable bonds is 7. The van der Waals surface area contributed by atoms with Crippen LogP contribution in [0.2, 0.25) is 0 Å². The molecule has 1 atom stereocenters. The summed E-state index contributed by atoms with van der Waals surface area (Å²) in [5, 5.41) is 9.14. The van der Waals surface area contributed by atoms with Gasteiger partial charge in [-0.3, -0.25) is 4.79 Å². The van der Waals surface area contributed by atoms with Crippen LogP contribution in [0.3, 0.4) is 0 Å². The van der Waals surface area contributed by atoms with E-state index in [0.717, 1.165) is 37.6 Å². The molecule has 0 radical (unpaired) electrons. The second-order valence-corrected chi connectivity index (χ2v) is 5.93. The third kappa shape index (κ3) is 4.70. The fourth-order valence-corrected chi connectivity index (χ4v) is 2.62. The van der Waals surface area contributed by atoms with Crippen LogP contribution in [0.25, 0.3) is 0 Å². The van der Waals surface area contributed by atoms with E-state index in [9.17, 15) is 4.79 Å². The fourth-order valence-electron chi connectivity index (χ4n) is 2.62. The molecule has 2 heterocycles. The minimum Gasteiger partial charge on any atom is -0.481 e. The quantitative estimate of drug-likeness (QED) is 0.833. The number of carboxylic acid groups (broad SMARTS) is 1. The van der Waals surface area contributed by atoms with E-state index in [1.54, 1.807) is 6.92 Å². The Balaban J connectivity index is 2.01. The Hall–Kier alpha value is -1.62. The summed E-state index contributed by atoms with van der Waals surface area (Å²) in [4.78, 5) is 20.1. The molecule has 1 N–H and O–H groups in total. The fraction of sp³-hybridized carbons (Fsp3) is 0.625. The molecule has 0 bridgehead atoms. The number of aryl methyl sites for hydroxylation is 1. The summed E-state index contributed by atoms with van der Waals surface area (Å²) in [6.07, 6.45) is 4.38. The van der Waals surface area contributed by atoms with Crippen molar-refractivity contribution >= 4 is 11.8 Å². The lowest BCUT2D eigenvalue weighted by Crippen LogP contribution is -2.38. The molecule has 1 aromatic rings. The van der Waals surface area contributed by atoms with Crippen LogP contribution in [-0.4, -0.2) is 53.7 Å². The van der Waals surface area contributed by atoms with Gasteiger partial charge in [0.25, 0.3) is 0 Å². The molecular weight excluding hydrogens is 266 g/mol. The van der Waals surface area contributed by atoms with Crippen molar-refractivity contribution in [2.75, 3.05) is 37.6 Å². The van der Waals surface area contributed by atoms with Gasteiger partial charge in [0.05, 0.1) is 5.92 Å². The lowest BCUT2D eigenvalue weighted by molar-refractivity contribution is -0.140. The summed E-state index contributed by atoms with van der Waals surface area (Å²) in [7, 11) is 0. The van der Waals surface area contributed by atoms with Gasteiger partial charge in [0.1, 0.15) is 5.82 Å². The third-order valence-electron chi connectivity index (χ3n) is 4.02. The number of carboxylic acids is 1. The predicted octanol–water partition coefficient (Wildman–Crippen LogP) is 2.01. The van der Waals surface area contributed by atoms with Crippen LogP contribution >= 0.6 is 0 Å². The van der Waals surface area contributed by atoms with Crippen LogP contribution in [0, 0.1) is 12.8 Å². The summed E-state index contributed by atoms with van der Waals surface area (Å²) >= 11 is 0. The normalized spacial score (nSPS) is 16.9. The van der Waals surface area contributed by atoms with E-state index in [4.69, 9.17) is 5.11 Å². The lowest BCUT2D eigenvalue weighted by atomic mass is 10.1. The Morgan fingerprint density at radius 1 is 1.43 bits per heavy atom. The zero-order chi connectivity index (χ0) is 15.2. The Bertz CT molecular complexity index is 455. The van der Waals surface area contributed by atoms with Gasteiger partial charge in [-0.2, -0.15) is 0 Å². The molecule has 0 saturated carbocycles.